The smallest absolute Gasteiger partial charge is 0.0541 e. The number of aromatic nitrogens is 2. The van der Waals surface area contributed by atoms with E-state index < -0.39 is 0 Å². The molecule has 16 aromatic carbocycles. The summed E-state index contributed by atoms with van der Waals surface area (Å²) >= 11 is 0. The van der Waals surface area contributed by atoms with Crippen molar-refractivity contribution in [3.05, 3.63) is 412 Å². The van der Waals surface area contributed by atoms with Gasteiger partial charge in [-0.15, -0.1) is 0 Å². The third-order valence-corrected chi connectivity index (χ3v) is 20.8. The fourth-order valence-corrected chi connectivity index (χ4v) is 15.6. The van der Waals surface area contributed by atoms with Crippen LogP contribution in [-0.4, -0.2) is 9.13 Å². The van der Waals surface area contributed by atoms with Gasteiger partial charge in [0.2, 0.25) is 0 Å². The maximum Gasteiger partial charge on any atom is 0.0541 e. The second-order valence-electron chi connectivity index (χ2n) is 27.2. The van der Waals surface area contributed by atoms with Crippen LogP contribution in [-0.2, 0) is 5.41 Å². The molecule has 0 aliphatic heterocycles. The molecule has 18 aromatic rings. The normalized spacial score (nSPS) is 12.1. The van der Waals surface area contributed by atoms with Gasteiger partial charge in [-0.2, -0.15) is 0 Å². The lowest BCUT2D eigenvalue weighted by Crippen LogP contribution is -2.16. The first-order valence-corrected chi connectivity index (χ1v) is 35.5. The Balaban J connectivity index is 0.000000147. The molecule has 0 saturated heterocycles. The number of nitrogens with zero attached hydrogens (tertiary/aromatic N) is 4. The van der Waals surface area contributed by atoms with Crippen LogP contribution in [0.25, 0.3) is 122 Å². The summed E-state index contributed by atoms with van der Waals surface area (Å²) < 4.78 is 4.73. The first kappa shape index (κ1) is 62.0. The number of rotatable bonds is 13. The molecule has 0 unspecified atom stereocenters. The van der Waals surface area contributed by atoms with Gasteiger partial charge >= 0.3 is 0 Å². The van der Waals surface area contributed by atoms with Gasteiger partial charge < -0.3 is 18.9 Å². The highest BCUT2D eigenvalue weighted by molar-refractivity contribution is 6.11. The molecule has 1 aliphatic rings. The molecular weight excluding hydrogens is 1250 g/mol. The lowest BCUT2D eigenvalue weighted by Gasteiger charge is -2.28. The fourth-order valence-electron chi connectivity index (χ4n) is 15.6. The Kier molecular flexibility index (Phi) is 15.9. The van der Waals surface area contributed by atoms with Crippen molar-refractivity contribution in [3.63, 3.8) is 0 Å². The number of hydrogen-bond donors (Lipinski definition) is 0. The highest BCUT2D eigenvalue weighted by Crippen LogP contribution is 2.51. The molecule has 1 aliphatic carbocycles. The average molecular weight is 1320 g/mol. The van der Waals surface area contributed by atoms with Crippen molar-refractivity contribution in [1.29, 1.82) is 0 Å². The summed E-state index contributed by atoms with van der Waals surface area (Å²) in [5.41, 5.74) is 31.3. The van der Waals surface area contributed by atoms with Crippen molar-refractivity contribution in [2.75, 3.05) is 9.80 Å². The number of hydrogen-bond acceptors (Lipinski definition) is 2. The Bertz CT molecular complexity index is 5920. The van der Waals surface area contributed by atoms with E-state index in [1.165, 1.54) is 127 Å². The zero-order valence-corrected chi connectivity index (χ0v) is 57.4. The molecule has 2 aromatic heterocycles. The number of anilines is 6. The minimum atomic E-state index is -0.0864. The molecule has 4 nitrogen and oxygen atoms in total. The summed E-state index contributed by atoms with van der Waals surface area (Å²) in [5.74, 6) is 0. The Morgan fingerprint density at radius 1 is 0.194 bits per heavy atom. The van der Waals surface area contributed by atoms with E-state index in [-0.39, 0.29) is 5.41 Å². The summed E-state index contributed by atoms with van der Waals surface area (Å²) in [4.78, 5) is 4.73. The molecule has 0 spiro atoms. The molecule has 488 valence electrons. The minimum absolute atomic E-state index is 0.0864. The van der Waals surface area contributed by atoms with Crippen molar-refractivity contribution < 1.29 is 0 Å². The van der Waals surface area contributed by atoms with E-state index in [1.807, 2.05) is 0 Å². The molecule has 0 amide bonds. The van der Waals surface area contributed by atoms with Crippen molar-refractivity contribution in [2.24, 2.45) is 0 Å². The maximum atomic E-state index is 2.41. The lowest BCUT2D eigenvalue weighted by molar-refractivity contribution is 0.660. The van der Waals surface area contributed by atoms with Crippen LogP contribution in [0.3, 0.4) is 0 Å². The predicted octanol–water partition coefficient (Wildman–Crippen LogP) is 27.1. The predicted molar refractivity (Wildman–Crippen MR) is 436 cm³/mol. The summed E-state index contributed by atoms with van der Waals surface area (Å²) in [6, 6.07) is 145. The maximum absolute atomic E-state index is 2.41. The van der Waals surface area contributed by atoms with Gasteiger partial charge in [0.05, 0.1) is 22.1 Å². The van der Waals surface area contributed by atoms with Crippen LogP contribution in [0.15, 0.2) is 400 Å². The number of para-hydroxylation sites is 4. The summed E-state index contributed by atoms with van der Waals surface area (Å²) in [6.45, 7) is 4.70. The van der Waals surface area contributed by atoms with Crippen LogP contribution in [0.1, 0.15) is 25.0 Å². The molecule has 19 rings (SSSR count). The minimum Gasteiger partial charge on any atom is -0.311 e. The molecule has 2 heterocycles. The molecule has 0 saturated carbocycles. The Hall–Kier alpha value is -13.3. The van der Waals surface area contributed by atoms with Crippen molar-refractivity contribution in [2.45, 2.75) is 19.3 Å². The molecular formula is C99H72N4. The molecule has 103 heavy (non-hydrogen) atoms. The Morgan fingerprint density at radius 3 is 0.903 bits per heavy atom. The van der Waals surface area contributed by atoms with Crippen molar-refractivity contribution in [3.8, 4) is 78.1 Å². The highest BCUT2D eigenvalue weighted by Gasteiger charge is 2.36. The SMILES string of the molecule is CC1(C)c2ccccc2-c2ccc(N(c3ccc(-c4ccccc4)cc3)c3ccc(-c4ccc5c(c4)c4ccccc4n5-c4ccccc4)cc3)cc21.c1ccc(-c2ccc(N(c3ccc(-c4ccccc4)cc3)c3ccc(-c4ccc(-n5c6ccccc6c6ccccc65)cc4)cc3)cc2)cc1. The average Bonchev–Trinajstić information content (AvgIpc) is 1.61. The van der Waals surface area contributed by atoms with Gasteiger partial charge in [-0.1, -0.05) is 287 Å². The van der Waals surface area contributed by atoms with Crippen LogP contribution in [0.2, 0.25) is 0 Å². The molecule has 4 heteroatoms. The summed E-state index contributed by atoms with van der Waals surface area (Å²) in [5, 5.41) is 5.07. The largest absolute Gasteiger partial charge is 0.311 e. The fraction of sp³-hybridized carbons (Fsp3) is 0.0303. The van der Waals surface area contributed by atoms with E-state index in [2.05, 4.69) is 433 Å². The zero-order valence-electron chi connectivity index (χ0n) is 57.4. The van der Waals surface area contributed by atoms with Crippen LogP contribution in [0.5, 0.6) is 0 Å². The number of benzene rings is 16. The lowest BCUT2D eigenvalue weighted by atomic mass is 9.82. The molecule has 0 fully saturated rings. The van der Waals surface area contributed by atoms with Crippen molar-refractivity contribution >= 4 is 77.7 Å². The third-order valence-electron chi connectivity index (χ3n) is 20.8. The highest BCUT2D eigenvalue weighted by atomic mass is 15.1. The van der Waals surface area contributed by atoms with E-state index >= 15 is 0 Å². The van der Waals surface area contributed by atoms with E-state index in [9.17, 15) is 0 Å². The van der Waals surface area contributed by atoms with E-state index in [4.69, 9.17) is 0 Å². The summed E-state index contributed by atoms with van der Waals surface area (Å²) in [7, 11) is 0. The van der Waals surface area contributed by atoms with Crippen molar-refractivity contribution in [1.82, 2.24) is 9.13 Å². The Morgan fingerprint density at radius 2 is 0.476 bits per heavy atom. The van der Waals surface area contributed by atoms with Crippen LogP contribution >= 0.6 is 0 Å². The molecule has 0 atom stereocenters. The van der Waals surface area contributed by atoms with Crippen LogP contribution in [0, 0.1) is 0 Å². The second kappa shape index (κ2) is 26.4. The molecule has 0 bridgehead atoms. The van der Waals surface area contributed by atoms with Gasteiger partial charge in [-0.3, -0.25) is 0 Å². The van der Waals surface area contributed by atoms with Gasteiger partial charge in [-0.05, 0) is 205 Å². The topological polar surface area (TPSA) is 16.3 Å². The van der Waals surface area contributed by atoms with E-state index in [0.717, 1.165) is 39.8 Å². The molecule has 0 radical (unpaired) electrons. The van der Waals surface area contributed by atoms with Crippen LogP contribution in [0.4, 0.5) is 34.1 Å². The summed E-state index contributed by atoms with van der Waals surface area (Å²) in [6.07, 6.45) is 0. The van der Waals surface area contributed by atoms with E-state index in [0.29, 0.717) is 0 Å². The van der Waals surface area contributed by atoms with Gasteiger partial charge in [0, 0.05) is 72.5 Å². The van der Waals surface area contributed by atoms with Gasteiger partial charge in [0.15, 0.2) is 0 Å². The van der Waals surface area contributed by atoms with Gasteiger partial charge in [-0.25, -0.2) is 0 Å². The first-order chi connectivity index (χ1) is 50.8. The van der Waals surface area contributed by atoms with Gasteiger partial charge in [0.1, 0.15) is 0 Å². The molecule has 0 N–H and O–H groups in total. The Labute approximate surface area is 601 Å². The number of fused-ring (bicyclic) bond motifs is 9. The standard InChI is InChI=1S/C51H38N2.C48H34N2/c1-51(2)47-19-11-9-17-43(47)44-31-30-42(34-48(44)51)52(40-26-21-36(22-27-40)35-13-5-3-6-14-35)41-28-23-37(24-29-41)38-25-32-50-46(33-38)45-18-10-12-20-49(45)53(50)39-15-7-4-8-16-39;1-3-11-35(12-4-1)37-19-27-41(28-20-37)49(42-29-21-38(22-30-42)36-13-5-2-6-14-36)43-31-23-39(24-32-43)40-25-33-44(34-26-40)50-47-17-9-7-15-45(47)46-16-8-10-18-48(46)50/h3-34H,1-2H3;1-34H. The quantitative estimate of drug-likeness (QED) is 0.114. The first-order valence-electron chi connectivity index (χ1n) is 35.5. The van der Waals surface area contributed by atoms with Crippen LogP contribution < -0.4 is 9.80 Å². The monoisotopic (exact) mass is 1320 g/mol. The second-order valence-corrected chi connectivity index (χ2v) is 27.2. The third kappa shape index (κ3) is 11.5. The zero-order chi connectivity index (χ0) is 68.8. The van der Waals surface area contributed by atoms with E-state index in [1.54, 1.807) is 0 Å². The van der Waals surface area contributed by atoms with Gasteiger partial charge in [0.25, 0.3) is 0 Å².